The van der Waals surface area contributed by atoms with Crippen molar-refractivity contribution < 1.29 is 19.1 Å². The molecule has 0 radical (unpaired) electrons. The first kappa shape index (κ1) is 11.3. The molecule has 2 aliphatic rings. The van der Waals surface area contributed by atoms with Crippen LogP contribution in [0.1, 0.15) is 34.1 Å². The molecule has 2 rings (SSSR count). The fourth-order valence-electron chi connectivity index (χ4n) is 3.18. The Morgan fingerprint density at radius 3 is 2.25 bits per heavy atom. The molecular weight excluding hydrogens is 208 g/mol. The monoisotopic (exact) mass is 224 g/mol. The molecule has 0 aromatic rings. The zero-order valence-corrected chi connectivity index (χ0v) is 9.99. The summed E-state index contributed by atoms with van der Waals surface area (Å²) in [5.41, 5.74) is -1.26. The molecule has 4 nitrogen and oxygen atoms in total. The third-order valence-corrected chi connectivity index (χ3v) is 4.62. The average molecular weight is 224 g/mol. The SMILES string of the molecule is CC(=O)O[C@@H]1CC2C(=O)C(=O)C1(C)C2(C)C. The lowest BCUT2D eigenvalue weighted by Crippen LogP contribution is -2.45. The highest BCUT2D eigenvalue weighted by molar-refractivity contribution is 6.43. The van der Waals surface area contributed by atoms with Gasteiger partial charge >= 0.3 is 5.97 Å². The van der Waals surface area contributed by atoms with Crippen LogP contribution < -0.4 is 0 Å². The first-order chi connectivity index (χ1) is 7.23. The summed E-state index contributed by atoms with van der Waals surface area (Å²) < 4.78 is 5.19. The molecule has 2 saturated carbocycles. The molecule has 2 aliphatic carbocycles. The minimum absolute atomic E-state index is 0.295. The molecule has 0 heterocycles. The Hall–Kier alpha value is -1.19. The van der Waals surface area contributed by atoms with Gasteiger partial charge < -0.3 is 4.74 Å². The maximum Gasteiger partial charge on any atom is 0.302 e. The summed E-state index contributed by atoms with van der Waals surface area (Å²) >= 11 is 0. The van der Waals surface area contributed by atoms with Crippen LogP contribution in [0.15, 0.2) is 0 Å². The maximum atomic E-state index is 12.0. The highest BCUT2D eigenvalue weighted by atomic mass is 16.5. The van der Waals surface area contributed by atoms with Crippen molar-refractivity contribution in [3.05, 3.63) is 0 Å². The van der Waals surface area contributed by atoms with E-state index in [2.05, 4.69) is 0 Å². The van der Waals surface area contributed by atoms with Gasteiger partial charge in [-0.25, -0.2) is 0 Å². The number of Topliss-reactive ketones (excluding diaryl/α,β-unsaturated/α-hetero) is 2. The van der Waals surface area contributed by atoms with Crippen molar-refractivity contribution in [2.45, 2.75) is 40.2 Å². The smallest absolute Gasteiger partial charge is 0.302 e. The van der Waals surface area contributed by atoms with Crippen LogP contribution in [-0.4, -0.2) is 23.6 Å². The Morgan fingerprint density at radius 2 is 1.88 bits per heavy atom. The molecule has 3 atom stereocenters. The third kappa shape index (κ3) is 1.02. The van der Waals surface area contributed by atoms with E-state index in [4.69, 9.17) is 4.74 Å². The molecule has 2 fully saturated rings. The van der Waals surface area contributed by atoms with E-state index < -0.39 is 22.9 Å². The van der Waals surface area contributed by atoms with Crippen molar-refractivity contribution in [2.75, 3.05) is 0 Å². The molecule has 0 aliphatic heterocycles. The van der Waals surface area contributed by atoms with Crippen molar-refractivity contribution in [3.63, 3.8) is 0 Å². The lowest BCUT2D eigenvalue weighted by Gasteiger charge is -2.35. The Morgan fingerprint density at radius 1 is 1.31 bits per heavy atom. The van der Waals surface area contributed by atoms with Crippen LogP contribution in [0.2, 0.25) is 0 Å². The van der Waals surface area contributed by atoms with E-state index in [9.17, 15) is 14.4 Å². The first-order valence-corrected chi connectivity index (χ1v) is 5.48. The summed E-state index contributed by atoms with van der Waals surface area (Å²) in [7, 11) is 0. The minimum atomic E-state index is -0.847. The number of fused-ring (bicyclic) bond motifs is 2. The van der Waals surface area contributed by atoms with E-state index in [0.717, 1.165) is 0 Å². The summed E-state index contributed by atoms with van der Waals surface area (Å²) in [4.78, 5) is 34.7. The van der Waals surface area contributed by atoms with E-state index >= 15 is 0 Å². The largest absolute Gasteiger partial charge is 0.461 e. The third-order valence-electron chi connectivity index (χ3n) is 4.62. The van der Waals surface area contributed by atoms with Crippen molar-refractivity contribution in [1.82, 2.24) is 0 Å². The number of hydrogen-bond acceptors (Lipinski definition) is 4. The van der Waals surface area contributed by atoms with Crippen LogP contribution in [0, 0.1) is 16.7 Å². The van der Waals surface area contributed by atoms with E-state index in [1.807, 2.05) is 13.8 Å². The molecule has 2 bridgehead atoms. The summed E-state index contributed by atoms with van der Waals surface area (Å²) in [6.45, 7) is 6.89. The lowest BCUT2D eigenvalue weighted by molar-refractivity contribution is -0.160. The number of esters is 1. The van der Waals surface area contributed by atoms with Crippen molar-refractivity contribution >= 4 is 17.5 Å². The summed E-state index contributed by atoms with van der Waals surface area (Å²) in [6, 6.07) is 0. The molecule has 2 unspecified atom stereocenters. The van der Waals surface area contributed by atoms with Gasteiger partial charge in [0.05, 0.1) is 5.41 Å². The molecule has 88 valence electrons. The summed E-state index contributed by atoms with van der Waals surface area (Å²) in [6.07, 6.45) is 0.0309. The maximum absolute atomic E-state index is 12.0. The van der Waals surface area contributed by atoms with E-state index in [-0.39, 0.29) is 17.5 Å². The van der Waals surface area contributed by atoms with Crippen LogP contribution in [0.25, 0.3) is 0 Å². The molecule has 4 heteroatoms. The summed E-state index contributed by atoms with van der Waals surface area (Å²) in [5.74, 6) is -1.36. The van der Waals surface area contributed by atoms with Gasteiger partial charge in [0.25, 0.3) is 0 Å². The van der Waals surface area contributed by atoms with Gasteiger partial charge in [0.1, 0.15) is 6.10 Å². The topological polar surface area (TPSA) is 60.4 Å². The number of hydrogen-bond donors (Lipinski definition) is 0. The fourth-order valence-corrected chi connectivity index (χ4v) is 3.18. The molecular formula is C12H16O4. The van der Waals surface area contributed by atoms with Gasteiger partial charge in [0, 0.05) is 12.8 Å². The Balaban J connectivity index is 2.43. The minimum Gasteiger partial charge on any atom is -0.461 e. The predicted molar refractivity (Wildman–Crippen MR) is 55.6 cm³/mol. The Bertz CT molecular complexity index is 396. The van der Waals surface area contributed by atoms with Crippen molar-refractivity contribution in [3.8, 4) is 0 Å². The number of carbonyl (C=O) groups is 3. The first-order valence-electron chi connectivity index (χ1n) is 5.48. The van der Waals surface area contributed by atoms with Gasteiger partial charge in [-0.1, -0.05) is 13.8 Å². The normalized spacial score (nSPS) is 40.2. The number of ether oxygens (including phenoxy) is 1. The molecule has 0 spiro atoms. The number of rotatable bonds is 1. The van der Waals surface area contributed by atoms with Gasteiger partial charge in [-0.15, -0.1) is 0 Å². The van der Waals surface area contributed by atoms with Gasteiger partial charge in [-0.3, -0.25) is 14.4 Å². The predicted octanol–water partition coefficient (Wildman–Crippen LogP) is 1.12. The van der Waals surface area contributed by atoms with Crippen molar-refractivity contribution in [2.24, 2.45) is 16.7 Å². The van der Waals surface area contributed by atoms with Gasteiger partial charge in [0.15, 0.2) is 0 Å². The van der Waals surface area contributed by atoms with Crippen LogP contribution in [0.3, 0.4) is 0 Å². The van der Waals surface area contributed by atoms with Crippen LogP contribution in [-0.2, 0) is 19.1 Å². The number of carbonyl (C=O) groups excluding carboxylic acids is 3. The molecule has 16 heavy (non-hydrogen) atoms. The second kappa shape index (κ2) is 2.93. The highest BCUT2D eigenvalue weighted by Gasteiger charge is 2.72. The molecule has 0 saturated heterocycles. The summed E-state index contributed by atoms with van der Waals surface area (Å²) in [5, 5.41) is 0. The second-order valence-electron chi connectivity index (χ2n) is 5.50. The van der Waals surface area contributed by atoms with E-state index in [1.54, 1.807) is 6.92 Å². The zero-order chi connectivity index (χ0) is 12.3. The second-order valence-corrected chi connectivity index (χ2v) is 5.50. The van der Waals surface area contributed by atoms with E-state index in [1.165, 1.54) is 6.92 Å². The average Bonchev–Trinajstić information content (AvgIpc) is 2.41. The van der Waals surface area contributed by atoms with Gasteiger partial charge in [-0.2, -0.15) is 0 Å². The van der Waals surface area contributed by atoms with Crippen LogP contribution in [0.4, 0.5) is 0 Å². The van der Waals surface area contributed by atoms with Crippen LogP contribution >= 0.6 is 0 Å². The van der Waals surface area contributed by atoms with E-state index in [0.29, 0.717) is 6.42 Å². The molecule has 0 aromatic heterocycles. The molecule has 0 N–H and O–H groups in total. The zero-order valence-electron chi connectivity index (χ0n) is 9.99. The number of ketones is 2. The van der Waals surface area contributed by atoms with Crippen molar-refractivity contribution in [1.29, 1.82) is 0 Å². The van der Waals surface area contributed by atoms with Gasteiger partial charge in [0.2, 0.25) is 11.6 Å². The molecule has 0 aromatic carbocycles. The fraction of sp³-hybridized carbons (Fsp3) is 0.750. The van der Waals surface area contributed by atoms with Crippen LogP contribution in [0.5, 0.6) is 0 Å². The van der Waals surface area contributed by atoms with Gasteiger partial charge in [-0.05, 0) is 18.8 Å². The highest BCUT2D eigenvalue weighted by Crippen LogP contribution is 2.62. The Labute approximate surface area is 94.3 Å². The molecule has 0 amide bonds. The quantitative estimate of drug-likeness (QED) is 0.494. The lowest BCUT2D eigenvalue weighted by atomic mass is 9.69. The Kier molecular flexibility index (Phi) is 2.07. The standard InChI is InChI=1S/C12H16O4/c1-6(13)16-8-5-7-9(14)10(15)12(8,4)11(7,2)3/h7-8H,5H2,1-4H3/t7?,8-,12?/m1/s1.